The van der Waals surface area contributed by atoms with Gasteiger partial charge in [0.1, 0.15) is 4.83 Å². The number of likely N-dealkylation sites (tertiary alicyclic amines) is 1. The number of carbonyl (C=O) groups is 2. The van der Waals surface area contributed by atoms with Gasteiger partial charge in [0.05, 0.1) is 22.5 Å². The summed E-state index contributed by atoms with van der Waals surface area (Å²) in [5, 5.41) is 18.3. The molecule has 5 rings (SSSR count). The van der Waals surface area contributed by atoms with Crippen LogP contribution in [0.25, 0.3) is 10.2 Å². The number of carboxylic acids is 1. The second kappa shape index (κ2) is 9.72. The highest BCUT2D eigenvalue weighted by atomic mass is 32.1. The minimum Gasteiger partial charge on any atom is -0.481 e. The van der Waals surface area contributed by atoms with E-state index in [2.05, 4.69) is 14.9 Å². The minimum atomic E-state index is -0.655. The third-order valence-electron chi connectivity index (χ3n) is 7.76. The van der Waals surface area contributed by atoms with Crippen LogP contribution in [0.2, 0.25) is 0 Å². The lowest BCUT2D eigenvalue weighted by Crippen LogP contribution is -2.47. The average molecular weight is 475 g/mol. The van der Waals surface area contributed by atoms with Crippen molar-refractivity contribution in [3.05, 3.63) is 16.6 Å². The van der Waals surface area contributed by atoms with Gasteiger partial charge < -0.3 is 20.1 Å². The molecular formula is C24H34N4O4S. The standard InChI is InChI=1S/C24H34N4O4S/c1-15-20-14-21(33-23(20)28(26-15)19-8-12-32-13-9-19)22(29)25-17-2-4-18(5-3-17)27-10-6-16(7-11-27)24(30)31/h14,16-19H,2-13H2,1H3,(H,25,29)(H,30,31)/t17-,18+. The van der Waals surface area contributed by atoms with Gasteiger partial charge in [-0.05, 0) is 77.4 Å². The van der Waals surface area contributed by atoms with E-state index < -0.39 is 5.97 Å². The molecule has 2 aliphatic heterocycles. The van der Waals surface area contributed by atoms with Crippen molar-refractivity contribution in [2.75, 3.05) is 26.3 Å². The normalized spacial score (nSPS) is 26.0. The van der Waals surface area contributed by atoms with Crippen molar-refractivity contribution in [2.45, 2.75) is 76.4 Å². The van der Waals surface area contributed by atoms with Crippen molar-refractivity contribution < 1.29 is 19.4 Å². The Morgan fingerprint density at radius 1 is 1.06 bits per heavy atom. The fourth-order valence-corrected chi connectivity index (χ4v) is 6.85. The Kier molecular flexibility index (Phi) is 6.72. The quantitative estimate of drug-likeness (QED) is 0.687. The molecule has 2 aromatic heterocycles. The predicted octanol–water partition coefficient (Wildman–Crippen LogP) is 3.60. The minimum absolute atomic E-state index is 0.0276. The van der Waals surface area contributed by atoms with E-state index >= 15 is 0 Å². The predicted molar refractivity (Wildman–Crippen MR) is 127 cm³/mol. The summed E-state index contributed by atoms with van der Waals surface area (Å²) >= 11 is 1.55. The van der Waals surface area contributed by atoms with Crippen LogP contribution in [-0.4, -0.2) is 70.1 Å². The van der Waals surface area contributed by atoms with Crippen molar-refractivity contribution in [3.63, 3.8) is 0 Å². The Balaban J connectivity index is 1.17. The highest BCUT2D eigenvalue weighted by Gasteiger charge is 2.32. The van der Waals surface area contributed by atoms with Gasteiger partial charge in [-0.25, -0.2) is 0 Å². The first-order valence-corrected chi connectivity index (χ1v) is 13.2. The van der Waals surface area contributed by atoms with E-state index in [1.54, 1.807) is 11.3 Å². The fourth-order valence-electron chi connectivity index (χ4n) is 5.71. The molecule has 0 radical (unpaired) electrons. The molecule has 33 heavy (non-hydrogen) atoms. The molecule has 2 saturated heterocycles. The Bertz CT molecular complexity index is 996. The summed E-state index contributed by atoms with van der Waals surface area (Å²) < 4.78 is 7.62. The summed E-state index contributed by atoms with van der Waals surface area (Å²) in [6, 6.07) is 3.08. The first-order chi connectivity index (χ1) is 16.0. The Morgan fingerprint density at radius 2 is 1.76 bits per heavy atom. The lowest BCUT2D eigenvalue weighted by atomic mass is 9.87. The molecule has 0 atom stereocenters. The van der Waals surface area contributed by atoms with Gasteiger partial charge >= 0.3 is 5.97 Å². The lowest BCUT2D eigenvalue weighted by molar-refractivity contribution is -0.143. The summed E-state index contributed by atoms with van der Waals surface area (Å²) in [4.78, 5) is 28.6. The smallest absolute Gasteiger partial charge is 0.306 e. The molecule has 180 valence electrons. The van der Waals surface area contributed by atoms with Gasteiger partial charge in [0, 0.05) is 30.7 Å². The number of amides is 1. The molecule has 3 aliphatic rings. The number of carbonyl (C=O) groups excluding carboxylic acids is 1. The molecule has 0 aromatic carbocycles. The number of rotatable bonds is 5. The van der Waals surface area contributed by atoms with Gasteiger partial charge in [-0.3, -0.25) is 14.3 Å². The number of thiophene rings is 1. The average Bonchev–Trinajstić information content (AvgIpc) is 3.41. The van der Waals surface area contributed by atoms with Gasteiger partial charge in [0.2, 0.25) is 0 Å². The summed E-state index contributed by atoms with van der Waals surface area (Å²) in [5.74, 6) is -0.807. The highest BCUT2D eigenvalue weighted by molar-refractivity contribution is 7.20. The van der Waals surface area contributed by atoms with E-state index in [1.807, 2.05) is 13.0 Å². The maximum atomic E-state index is 13.0. The van der Waals surface area contributed by atoms with Crippen LogP contribution in [0.15, 0.2) is 6.07 Å². The van der Waals surface area contributed by atoms with Crippen molar-refractivity contribution in [2.24, 2.45) is 5.92 Å². The summed E-state index contributed by atoms with van der Waals surface area (Å²) in [6.45, 7) is 5.31. The zero-order chi connectivity index (χ0) is 22.9. The van der Waals surface area contributed by atoms with E-state index in [4.69, 9.17) is 9.84 Å². The molecule has 8 nitrogen and oxygen atoms in total. The third kappa shape index (κ3) is 4.81. The Labute approximate surface area is 198 Å². The monoisotopic (exact) mass is 474 g/mol. The van der Waals surface area contributed by atoms with Crippen molar-refractivity contribution in [1.82, 2.24) is 20.0 Å². The molecule has 1 amide bonds. The zero-order valence-corrected chi connectivity index (χ0v) is 20.1. The van der Waals surface area contributed by atoms with Crippen LogP contribution in [0, 0.1) is 12.8 Å². The summed E-state index contributed by atoms with van der Waals surface area (Å²) in [5.41, 5.74) is 0.985. The number of hydrogen-bond acceptors (Lipinski definition) is 6. The van der Waals surface area contributed by atoms with Gasteiger partial charge in [-0.2, -0.15) is 5.10 Å². The molecule has 3 fully saturated rings. The Hall–Kier alpha value is -1.97. The molecule has 1 saturated carbocycles. The van der Waals surface area contributed by atoms with Crippen LogP contribution in [-0.2, 0) is 9.53 Å². The maximum Gasteiger partial charge on any atom is 0.306 e. The fraction of sp³-hybridized carbons (Fsp3) is 0.708. The van der Waals surface area contributed by atoms with Gasteiger partial charge in [-0.1, -0.05) is 0 Å². The first kappa shape index (κ1) is 22.8. The van der Waals surface area contributed by atoms with Crippen LogP contribution in [0.3, 0.4) is 0 Å². The molecule has 0 unspecified atom stereocenters. The lowest BCUT2D eigenvalue weighted by Gasteiger charge is -2.40. The highest BCUT2D eigenvalue weighted by Crippen LogP contribution is 2.34. The van der Waals surface area contributed by atoms with E-state index in [9.17, 15) is 14.7 Å². The van der Waals surface area contributed by atoms with Crippen LogP contribution in [0.4, 0.5) is 0 Å². The number of aliphatic carboxylic acids is 1. The molecule has 0 bridgehead atoms. The van der Waals surface area contributed by atoms with E-state index in [1.165, 1.54) is 0 Å². The second-order valence-corrected chi connectivity index (χ2v) is 10.9. The third-order valence-corrected chi connectivity index (χ3v) is 8.88. The molecular weight excluding hydrogens is 440 g/mol. The number of carboxylic acid groups (broad SMARTS) is 1. The van der Waals surface area contributed by atoms with Crippen LogP contribution < -0.4 is 5.32 Å². The number of hydrogen-bond donors (Lipinski definition) is 2. The summed E-state index contributed by atoms with van der Waals surface area (Å²) in [7, 11) is 0. The number of fused-ring (bicyclic) bond motifs is 1. The van der Waals surface area contributed by atoms with Gasteiger partial charge in [0.25, 0.3) is 5.91 Å². The molecule has 0 spiro atoms. The van der Waals surface area contributed by atoms with Crippen LogP contribution in [0.1, 0.15) is 72.8 Å². The molecule has 2 aromatic rings. The Morgan fingerprint density at radius 3 is 2.42 bits per heavy atom. The summed E-state index contributed by atoms with van der Waals surface area (Å²) in [6.07, 6.45) is 7.52. The van der Waals surface area contributed by atoms with Gasteiger partial charge in [0.15, 0.2) is 0 Å². The maximum absolute atomic E-state index is 13.0. The van der Waals surface area contributed by atoms with E-state index in [-0.39, 0.29) is 17.9 Å². The molecule has 1 aliphatic carbocycles. The first-order valence-electron chi connectivity index (χ1n) is 12.3. The van der Waals surface area contributed by atoms with E-state index in [0.29, 0.717) is 12.1 Å². The molecule has 9 heteroatoms. The largest absolute Gasteiger partial charge is 0.481 e. The number of nitrogens with one attached hydrogen (secondary N) is 1. The van der Waals surface area contributed by atoms with Crippen molar-refractivity contribution in [3.8, 4) is 0 Å². The van der Waals surface area contributed by atoms with Crippen LogP contribution in [0.5, 0.6) is 0 Å². The van der Waals surface area contributed by atoms with E-state index in [0.717, 1.165) is 98.5 Å². The van der Waals surface area contributed by atoms with Gasteiger partial charge in [-0.15, -0.1) is 11.3 Å². The molecule has 2 N–H and O–H groups in total. The zero-order valence-electron chi connectivity index (χ0n) is 19.3. The number of piperidine rings is 1. The SMILES string of the molecule is Cc1nn(C2CCOCC2)c2sc(C(=O)N[C@H]3CC[C@@H](N4CCC(C(=O)O)CC4)CC3)cc12. The van der Waals surface area contributed by atoms with Crippen molar-refractivity contribution >= 4 is 33.4 Å². The number of aromatic nitrogens is 2. The second-order valence-electron chi connectivity index (χ2n) is 9.83. The van der Waals surface area contributed by atoms with Crippen molar-refractivity contribution in [1.29, 1.82) is 0 Å². The number of aryl methyl sites for hydroxylation is 1. The van der Waals surface area contributed by atoms with Crippen LogP contribution >= 0.6 is 11.3 Å². The number of nitrogens with zero attached hydrogens (tertiary/aromatic N) is 3. The molecule has 4 heterocycles. The topological polar surface area (TPSA) is 96.7 Å². The number of ether oxygens (including phenoxy) is 1.